The molecule has 0 radical (unpaired) electrons. The van der Waals surface area contributed by atoms with Gasteiger partial charge in [0.1, 0.15) is 11.5 Å². The second-order valence-electron chi connectivity index (χ2n) is 6.85. The molecule has 0 atom stereocenters. The molecule has 0 saturated carbocycles. The fourth-order valence-corrected chi connectivity index (χ4v) is 4.13. The van der Waals surface area contributed by atoms with Crippen molar-refractivity contribution in [2.24, 2.45) is 0 Å². The van der Waals surface area contributed by atoms with E-state index >= 15 is 0 Å². The Labute approximate surface area is 176 Å². The lowest BCUT2D eigenvalue weighted by Gasteiger charge is -2.10. The summed E-state index contributed by atoms with van der Waals surface area (Å²) in [5.74, 6) is 1.42. The van der Waals surface area contributed by atoms with Crippen molar-refractivity contribution >= 4 is 28.3 Å². The topological polar surface area (TPSA) is 82.8 Å². The highest BCUT2D eigenvalue weighted by Crippen LogP contribution is 2.25. The van der Waals surface area contributed by atoms with Crippen LogP contribution in [0.1, 0.15) is 23.6 Å². The Kier molecular flexibility index (Phi) is 5.09. The van der Waals surface area contributed by atoms with Crippen molar-refractivity contribution in [3.63, 3.8) is 0 Å². The Morgan fingerprint density at radius 2 is 1.80 bits per heavy atom. The number of aryl methyl sites for hydroxylation is 2. The third kappa shape index (κ3) is 3.69. The summed E-state index contributed by atoms with van der Waals surface area (Å²) in [5, 5.41) is 4.37. The Hall–Kier alpha value is -3.52. The van der Waals surface area contributed by atoms with Gasteiger partial charge in [-0.3, -0.25) is 9.59 Å². The number of thiazole rings is 1. The van der Waals surface area contributed by atoms with Crippen LogP contribution in [0.3, 0.4) is 0 Å². The van der Waals surface area contributed by atoms with Crippen molar-refractivity contribution in [2.45, 2.75) is 20.8 Å². The third-order valence-electron chi connectivity index (χ3n) is 4.56. The van der Waals surface area contributed by atoms with Crippen LogP contribution in [0.25, 0.3) is 22.4 Å². The number of esters is 1. The molecule has 0 saturated heterocycles. The van der Waals surface area contributed by atoms with E-state index in [1.54, 1.807) is 13.2 Å². The fraction of sp³-hybridized carbons (Fsp3) is 0.182. The van der Waals surface area contributed by atoms with Crippen LogP contribution < -0.4 is 19.6 Å². The van der Waals surface area contributed by atoms with Crippen LogP contribution in [0, 0.1) is 13.8 Å². The minimum absolute atomic E-state index is 0.221. The van der Waals surface area contributed by atoms with E-state index in [1.165, 1.54) is 22.8 Å². The summed E-state index contributed by atoms with van der Waals surface area (Å²) >= 11 is 1.28. The van der Waals surface area contributed by atoms with Gasteiger partial charge in [-0.05, 0) is 73.0 Å². The van der Waals surface area contributed by atoms with Gasteiger partial charge >= 0.3 is 5.97 Å². The summed E-state index contributed by atoms with van der Waals surface area (Å²) < 4.78 is 12.3. The Balaban J connectivity index is 1.72. The predicted molar refractivity (Wildman–Crippen MR) is 115 cm³/mol. The van der Waals surface area contributed by atoms with Gasteiger partial charge in [-0.1, -0.05) is 11.3 Å². The first-order valence-electron chi connectivity index (χ1n) is 9.21. The molecule has 0 aliphatic carbocycles. The molecule has 2 aromatic carbocycles. The zero-order chi connectivity index (χ0) is 21.4. The van der Waals surface area contributed by atoms with Crippen molar-refractivity contribution < 1.29 is 14.3 Å². The fourth-order valence-electron chi connectivity index (χ4n) is 3.22. The lowest BCUT2D eigenvalue weighted by molar-refractivity contribution is -0.131. The monoisotopic (exact) mass is 421 g/mol. The van der Waals surface area contributed by atoms with Crippen LogP contribution >= 0.6 is 11.3 Å². The van der Waals surface area contributed by atoms with Crippen LogP contribution in [0.15, 0.2) is 41.2 Å². The van der Waals surface area contributed by atoms with Crippen molar-refractivity contribution in [1.29, 1.82) is 0 Å². The second-order valence-corrected chi connectivity index (χ2v) is 7.86. The maximum atomic E-state index is 12.8. The Morgan fingerprint density at radius 3 is 2.37 bits per heavy atom. The molecule has 0 amide bonds. The van der Waals surface area contributed by atoms with E-state index in [9.17, 15) is 9.59 Å². The lowest BCUT2D eigenvalue weighted by atomic mass is 10.1. The van der Waals surface area contributed by atoms with Crippen LogP contribution in [0.4, 0.5) is 0 Å². The van der Waals surface area contributed by atoms with Gasteiger partial charge in [-0.15, -0.1) is 5.10 Å². The molecule has 0 spiro atoms. The largest absolute Gasteiger partial charge is 0.497 e. The smallest absolute Gasteiger partial charge is 0.308 e. The normalized spacial score (nSPS) is 11.8. The summed E-state index contributed by atoms with van der Waals surface area (Å²) in [5.41, 5.74) is 3.08. The molecule has 152 valence electrons. The molecule has 0 unspecified atom stereocenters. The van der Waals surface area contributed by atoms with E-state index in [0.717, 1.165) is 28.0 Å². The first kappa shape index (κ1) is 19.8. The molecule has 0 bridgehead atoms. The SMILES string of the molecule is COc1ccc(-c2nc3sc(=Cc4cc(C)c(OC(C)=O)c(C)c4)c(=O)n3n2)cc1. The van der Waals surface area contributed by atoms with E-state index < -0.39 is 0 Å². The standard InChI is InChI=1S/C22H19N3O4S/c1-12-9-15(10-13(2)19(12)29-14(3)26)11-18-21(27)25-22(30-18)23-20(24-25)16-5-7-17(28-4)8-6-16/h5-11H,1-4H3. The molecule has 0 aliphatic rings. The number of ether oxygens (including phenoxy) is 2. The maximum absolute atomic E-state index is 12.8. The van der Waals surface area contributed by atoms with Crippen molar-refractivity contribution in [1.82, 2.24) is 14.6 Å². The number of methoxy groups -OCH3 is 1. The molecule has 0 aliphatic heterocycles. The third-order valence-corrected chi connectivity index (χ3v) is 5.52. The number of aromatic nitrogens is 3. The molecule has 8 heteroatoms. The summed E-state index contributed by atoms with van der Waals surface area (Å²) in [6.07, 6.45) is 1.80. The van der Waals surface area contributed by atoms with Gasteiger partial charge in [0.2, 0.25) is 4.96 Å². The van der Waals surface area contributed by atoms with Crippen LogP contribution in [0.2, 0.25) is 0 Å². The number of carbonyl (C=O) groups is 1. The van der Waals surface area contributed by atoms with E-state index in [4.69, 9.17) is 9.47 Å². The highest BCUT2D eigenvalue weighted by molar-refractivity contribution is 7.15. The van der Waals surface area contributed by atoms with E-state index in [-0.39, 0.29) is 11.5 Å². The highest BCUT2D eigenvalue weighted by atomic mass is 32.1. The minimum atomic E-state index is -0.363. The highest BCUT2D eigenvalue weighted by Gasteiger charge is 2.13. The minimum Gasteiger partial charge on any atom is -0.497 e. The van der Waals surface area contributed by atoms with Gasteiger partial charge in [0, 0.05) is 12.5 Å². The number of hydrogen-bond donors (Lipinski definition) is 0. The van der Waals surface area contributed by atoms with Gasteiger partial charge in [0.15, 0.2) is 5.82 Å². The first-order valence-corrected chi connectivity index (χ1v) is 10.0. The first-order chi connectivity index (χ1) is 14.4. The molecule has 0 fully saturated rings. The maximum Gasteiger partial charge on any atom is 0.308 e. The number of rotatable bonds is 4. The number of hydrogen-bond acceptors (Lipinski definition) is 7. The van der Waals surface area contributed by atoms with Gasteiger partial charge in [-0.25, -0.2) is 0 Å². The summed E-state index contributed by atoms with van der Waals surface area (Å²) in [6, 6.07) is 11.1. The van der Waals surface area contributed by atoms with Gasteiger partial charge in [0.25, 0.3) is 5.56 Å². The van der Waals surface area contributed by atoms with E-state index in [0.29, 0.717) is 21.1 Å². The Bertz CT molecular complexity index is 1350. The predicted octanol–water partition coefficient (Wildman–Crippen LogP) is 2.92. The molecule has 4 aromatic rings. The van der Waals surface area contributed by atoms with E-state index in [2.05, 4.69) is 10.1 Å². The molecule has 0 N–H and O–H groups in total. The lowest BCUT2D eigenvalue weighted by Crippen LogP contribution is -2.23. The molecule has 2 aromatic heterocycles. The summed E-state index contributed by atoms with van der Waals surface area (Å²) in [6.45, 7) is 5.10. The zero-order valence-corrected chi connectivity index (χ0v) is 17.7. The molecule has 7 nitrogen and oxygen atoms in total. The van der Waals surface area contributed by atoms with Crippen LogP contribution in [-0.4, -0.2) is 27.7 Å². The van der Waals surface area contributed by atoms with Crippen LogP contribution in [0.5, 0.6) is 11.5 Å². The van der Waals surface area contributed by atoms with E-state index in [1.807, 2.05) is 50.2 Å². The second kappa shape index (κ2) is 7.72. The van der Waals surface area contributed by atoms with Crippen molar-refractivity contribution in [3.8, 4) is 22.9 Å². The average molecular weight is 421 g/mol. The molecule has 2 heterocycles. The number of nitrogens with zero attached hydrogens (tertiary/aromatic N) is 3. The Morgan fingerprint density at radius 1 is 1.13 bits per heavy atom. The van der Waals surface area contributed by atoms with Crippen molar-refractivity contribution in [3.05, 3.63) is 68.0 Å². The van der Waals surface area contributed by atoms with Crippen molar-refractivity contribution in [2.75, 3.05) is 7.11 Å². The van der Waals surface area contributed by atoms with Gasteiger partial charge in [0.05, 0.1) is 11.6 Å². The zero-order valence-electron chi connectivity index (χ0n) is 16.9. The van der Waals surface area contributed by atoms with Gasteiger partial charge < -0.3 is 9.47 Å². The quantitative estimate of drug-likeness (QED) is 0.372. The molecular formula is C22H19N3O4S. The average Bonchev–Trinajstić information content (AvgIpc) is 3.24. The van der Waals surface area contributed by atoms with Gasteiger partial charge in [-0.2, -0.15) is 9.50 Å². The van der Waals surface area contributed by atoms with Crippen LogP contribution in [-0.2, 0) is 4.79 Å². The molecule has 4 rings (SSSR count). The number of benzene rings is 2. The molecule has 30 heavy (non-hydrogen) atoms. The number of carbonyl (C=O) groups excluding carboxylic acids is 1. The summed E-state index contributed by atoms with van der Waals surface area (Å²) in [7, 11) is 1.61. The molecular weight excluding hydrogens is 402 g/mol. The number of fused-ring (bicyclic) bond motifs is 1. The summed E-state index contributed by atoms with van der Waals surface area (Å²) in [4.78, 5) is 29.1.